The van der Waals surface area contributed by atoms with Crippen LogP contribution < -0.4 is 31.9 Å². The van der Waals surface area contributed by atoms with Gasteiger partial charge in [-0.25, -0.2) is 19.6 Å². The van der Waals surface area contributed by atoms with Crippen molar-refractivity contribution in [2.45, 2.75) is 45.3 Å². The van der Waals surface area contributed by atoms with Crippen LogP contribution in [0.15, 0.2) is 55.2 Å². The van der Waals surface area contributed by atoms with E-state index in [2.05, 4.69) is 41.9 Å². The van der Waals surface area contributed by atoms with E-state index in [1.807, 2.05) is 0 Å². The minimum atomic E-state index is -1.31. The number of hydrogen-bond acceptors (Lipinski definition) is 10. The van der Waals surface area contributed by atoms with Crippen molar-refractivity contribution in [2.24, 2.45) is 35.2 Å². The summed E-state index contributed by atoms with van der Waals surface area (Å²) in [6, 6.07) is 5.14. The molecule has 0 spiro atoms. The highest BCUT2D eigenvalue weighted by Gasteiger charge is 2.27. The van der Waals surface area contributed by atoms with Gasteiger partial charge in [-0.1, -0.05) is 0 Å². The van der Waals surface area contributed by atoms with Crippen molar-refractivity contribution in [1.82, 2.24) is 38.1 Å². The molecule has 1 atom stereocenters. The highest BCUT2D eigenvalue weighted by Crippen LogP contribution is 2.21. The average molecular weight is 816 g/mol. The van der Waals surface area contributed by atoms with Gasteiger partial charge in [0.1, 0.15) is 28.8 Å². The third-order valence-corrected chi connectivity index (χ3v) is 8.51. The standard InChI is InChI=1S/C37H45N13O9/c1-37(2,3)59-36(58)40-22(31(52)43-26-19-50(8)30(42-26)35(56)57)11-12-28(51)45-27-15-21(17-48(27)6)39-34(55)29-41-25(18-49(29)7)44-33(54)24-14-20(16-47(24)5)38-32(53)23-10-9-13-46(23)4/h9-10,13-19,22H,11-12H2,1-8H3,(H,38,53)(H,39,55)(H,40,58)(H,43,52)(H,44,54)(H,45,51)(H,56,57)/t22-/m1/s1. The number of anilines is 5. The zero-order chi connectivity index (χ0) is 43.3. The molecule has 5 heterocycles. The highest BCUT2D eigenvalue weighted by molar-refractivity contribution is 6.07. The second kappa shape index (κ2) is 17.2. The molecule has 5 aromatic rings. The number of aromatic nitrogens is 7. The Kier molecular flexibility index (Phi) is 12.4. The Hall–Kier alpha value is -7.65. The van der Waals surface area contributed by atoms with Crippen LogP contribution in [0.1, 0.15) is 75.8 Å². The molecule has 0 saturated heterocycles. The second-order valence-electron chi connectivity index (χ2n) is 14.5. The first kappa shape index (κ1) is 42.5. The molecule has 0 fully saturated rings. The summed E-state index contributed by atoms with van der Waals surface area (Å²) >= 11 is 0. The van der Waals surface area contributed by atoms with Crippen LogP contribution in [-0.2, 0) is 49.6 Å². The van der Waals surface area contributed by atoms with Crippen LogP contribution in [0.2, 0.25) is 0 Å². The van der Waals surface area contributed by atoms with E-state index >= 15 is 0 Å². The average Bonchev–Trinajstić information content (AvgIpc) is 3.95. The fraction of sp³-hybridized carbons (Fsp3) is 0.324. The van der Waals surface area contributed by atoms with Crippen molar-refractivity contribution in [3.8, 4) is 0 Å². The monoisotopic (exact) mass is 815 g/mol. The van der Waals surface area contributed by atoms with Gasteiger partial charge in [0.25, 0.3) is 17.7 Å². The molecule has 0 aliphatic rings. The van der Waals surface area contributed by atoms with E-state index in [0.29, 0.717) is 17.1 Å². The Morgan fingerprint density at radius 1 is 0.695 bits per heavy atom. The molecule has 0 aromatic carbocycles. The van der Waals surface area contributed by atoms with Gasteiger partial charge in [-0.05, 0) is 45.4 Å². The number of alkyl carbamates (subject to hydrolysis) is 1. The number of ether oxygens (including phenoxy) is 1. The lowest BCUT2D eigenvalue weighted by Crippen LogP contribution is -2.46. The van der Waals surface area contributed by atoms with Crippen LogP contribution in [0.3, 0.4) is 0 Å². The van der Waals surface area contributed by atoms with E-state index in [1.54, 1.807) is 84.3 Å². The summed E-state index contributed by atoms with van der Waals surface area (Å²) in [6.07, 6.45) is 6.27. The van der Waals surface area contributed by atoms with E-state index in [1.165, 1.54) is 49.8 Å². The summed E-state index contributed by atoms with van der Waals surface area (Å²) in [5.74, 6) is -4.16. The molecule has 22 nitrogen and oxygen atoms in total. The van der Waals surface area contributed by atoms with Gasteiger partial charge >= 0.3 is 12.1 Å². The third-order valence-electron chi connectivity index (χ3n) is 8.51. The number of hydrogen-bond donors (Lipinski definition) is 7. The van der Waals surface area contributed by atoms with Gasteiger partial charge in [-0.3, -0.25) is 24.0 Å². The van der Waals surface area contributed by atoms with Crippen LogP contribution in [0, 0.1) is 0 Å². The third kappa shape index (κ3) is 10.8. The first-order valence-corrected chi connectivity index (χ1v) is 18.0. The smallest absolute Gasteiger partial charge is 0.408 e. The molecule has 312 valence electrons. The number of nitrogens with one attached hydrogen (secondary N) is 6. The molecular weight excluding hydrogens is 770 g/mol. The van der Waals surface area contributed by atoms with Crippen molar-refractivity contribution in [1.29, 1.82) is 0 Å². The van der Waals surface area contributed by atoms with E-state index in [0.717, 1.165) is 0 Å². The van der Waals surface area contributed by atoms with E-state index < -0.39 is 47.3 Å². The maximum Gasteiger partial charge on any atom is 0.408 e. The summed E-state index contributed by atoms with van der Waals surface area (Å²) < 4.78 is 12.6. The van der Waals surface area contributed by atoms with E-state index in [-0.39, 0.29) is 53.5 Å². The number of imidazole rings is 2. The summed E-state index contributed by atoms with van der Waals surface area (Å²) in [5, 5.41) is 25.0. The van der Waals surface area contributed by atoms with Gasteiger partial charge in [-0.15, -0.1) is 0 Å². The van der Waals surface area contributed by atoms with Crippen LogP contribution in [0.25, 0.3) is 0 Å². The Balaban J connectivity index is 1.18. The van der Waals surface area contributed by atoms with Crippen molar-refractivity contribution < 1.29 is 43.4 Å². The van der Waals surface area contributed by atoms with Gasteiger partial charge in [0.15, 0.2) is 11.6 Å². The van der Waals surface area contributed by atoms with Crippen LogP contribution in [-0.4, -0.2) is 91.2 Å². The molecule has 0 aliphatic carbocycles. The summed E-state index contributed by atoms with van der Waals surface area (Å²) in [5.41, 5.74) is 0.493. The predicted octanol–water partition coefficient (Wildman–Crippen LogP) is 2.87. The van der Waals surface area contributed by atoms with Crippen molar-refractivity contribution >= 4 is 70.4 Å². The van der Waals surface area contributed by atoms with Crippen LogP contribution in [0.5, 0.6) is 0 Å². The molecule has 5 aromatic heterocycles. The van der Waals surface area contributed by atoms with Crippen LogP contribution in [0.4, 0.5) is 33.6 Å². The number of carbonyl (C=O) groups is 7. The lowest BCUT2D eigenvalue weighted by molar-refractivity contribution is -0.119. The number of carbonyl (C=O) groups excluding carboxylic acids is 6. The minimum absolute atomic E-state index is 0.0381. The van der Waals surface area contributed by atoms with Gasteiger partial charge in [0.05, 0.1) is 11.4 Å². The normalized spacial score (nSPS) is 11.7. The molecule has 0 aliphatic heterocycles. The van der Waals surface area contributed by atoms with Crippen molar-refractivity contribution in [3.05, 3.63) is 78.3 Å². The predicted molar refractivity (Wildman–Crippen MR) is 213 cm³/mol. The number of carboxylic acids is 1. The zero-order valence-electron chi connectivity index (χ0n) is 33.5. The number of aryl methyl sites for hydroxylation is 5. The summed E-state index contributed by atoms with van der Waals surface area (Å²) in [7, 11) is 8.02. The molecule has 59 heavy (non-hydrogen) atoms. The minimum Gasteiger partial charge on any atom is -0.475 e. The highest BCUT2D eigenvalue weighted by atomic mass is 16.6. The molecule has 22 heteroatoms. The number of aromatic carboxylic acids is 1. The zero-order valence-corrected chi connectivity index (χ0v) is 33.5. The van der Waals surface area contributed by atoms with E-state index in [4.69, 9.17) is 4.74 Å². The number of carboxylic acid groups (broad SMARTS) is 1. The van der Waals surface area contributed by atoms with Crippen molar-refractivity contribution in [3.63, 3.8) is 0 Å². The molecule has 7 N–H and O–H groups in total. The van der Waals surface area contributed by atoms with Gasteiger partial charge < -0.3 is 64.6 Å². The largest absolute Gasteiger partial charge is 0.475 e. The van der Waals surface area contributed by atoms with Crippen molar-refractivity contribution in [2.75, 3.05) is 26.6 Å². The maximum atomic E-state index is 13.3. The Morgan fingerprint density at radius 3 is 1.92 bits per heavy atom. The molecular formula is C37H45N13O9. The number of rotatable bonds is 14. The first-order chi connectivity index (χ1) is 27.7. The number of nitrogens with zero attached hydrogens (tertiary/aromatic N) is 7. The quantitative estimate of drug-likeness (QED) is 0.0856. The second-order valence-corrected chi connectivity index (χ2v) is 14.5. The fourth-order valence-electron chi connectivity index (χ4n) is 5.75. The molecule has 0 unspecified atom stereocenters. The summed E-state index contributed by atoms with van der Waals surface area (Å²) in [4.78, 5) is 97.4. The maximum absolute atomic E-state index is 13.3. The lowest BCUT2D eigenvalue weighted by atomic mass is 10.1. The SMILES string of the molecule is Cn1cc(NC(=O)c2nc(NC(=O)c3cc(NC(=O)c4cccn4C)cn3C)cn2C)cc1NC(=O)CC[C@@H](NC(=O)OC(C)(C)C)C(=O)Nc1cn(C)c(C(=O)O)n1. The van der Waals surface area contributed by atoms with Crippen LogP contribution >= 0.6 is 0 Å². The molecule has 6 amide bonds. The Labute approximate surface area is 336 Å². The lowest BCUT2D eigenvalue weighted by Gasteiger charge is -2.23. The summed E-state index contributed by atoms with van der Waals surface area (Å²) in [6.45, 7) is 4.92. The molecule has 5 rings (SSSR count). The van der Waals surface area contributed by atoms with Gasteiger partial charge in [-0.2, -0.15) is 0 Å². The fourth-order valence-corrected chi connectivity index (χ4v) is 5.75. The number of amides is 6. The molecule has 0 saturated carbocycles. The first-order valence-electron chi connectivity index (χ1n) is 18.0. The molecule has 0 bridgehead atoms. The van der Waals surface area contributed by atoms with Gasteiger partial charge in [0, 0.05) is 78.7 Å². The Morgan fingerprint density at radius 2 is 1.29 bits per heavy atom. The molecule has 0 radical (unpaired) electrons. The van der Waals surface area contributed by atoms with Gasteiger partial charge in [0.2, 0.25) is 23.5 Å². The Bertz CT molecular complexity index is 2440. The van der Waals surface area contributed by atoms with E-state index in [9.17, 15) is 38.7 Å². The topological polar surface area (TPSA) is 272 Å².